The molecule has 0 aliphatic rings. The van der Waals surface area contributed by atoms with Crippen LogP contribution in [0.3, 0.4) is 0 Å². The van der Waals surface area contributed by atoms with Crippen LogP contribution in [0.5, 0.6) is 0 Å². The molecule has 4 nitrogen and oxygen atoms in total. The molecule has 1 aromatic heterocycles. The Labute approximate surface area is 125 Å². The number of benzene rings is 1. The van der Waals surface area contributed by atoms with Crippen LogP contribution in [0.25, 0.3) is 5.69 Å². The summed E-state index contributed by atoms with van der Waals surface area (Å²) in [6.45, 7) is 0. The number of rotatable bonds is 2. The lowest BCUT2D eigenvalue weighted by molar-refractivity contribution is -0.137. The van der Waals surface area contributed by atoms with Crippen LogP contribution < -0.4 is 11.0 Å². The Kier molecular flexibility index (Phi) is 4.20. The van der Waals surface area contributed by atoms with E-state index >= 15 is 0 Å². The molecule has 0 saturated heterocycles. The third kappa shape index (κ3) is 3.01. The minimum atomic E-state index is -4.66. The third-order valence-electron chi connectivity index (χ3n) is 2.68. The number of aromatic nitrogens is 2. The highest BCUT2D eigenvalue weighted by molar-refractivity contribution is 7.98. The number of halogens is 4. The molecular weight excluding hydrogens is 329 g/mol. The second-order valence-electron chi connectivity index (χ2n) is 3.97. The SMILES string of the molecule is CSc1c[nH]n(-c2ccc(Cl)c(C(F)(F)F)c2)c(=O)c1=O. The Hall–Kier alpha value is -1.67. The van der Waals surface area contributed by atoms with E-state index in [9.17, 15) is 22.8 Å². The van der Waals surface area contributed by atoms with E-state index in [1.165, 1.54) is 12.3 Å². The summed E-state index contributed by atoms with van der Waals surface area (Å²) in [5.41, 5.74) is -2.95. The maximum absolute atomic E-state index is 12.8. The van der Waals surface area contributed by atoms with E-state index in [0.29, 0.717) is 6.07 Å². The molecule has 0 fully saturated rings. The van der Waals surface area contributed by atoms with Gasteiger partial charge in [-0.05, 0) is 24.5 Å². The van der Waals surface area contributed by atoms with Crippen LogP contribution in [0.15, 0.2) is 38.9 Å². The smallest absolute Gasteiger partial charge is 0.297 e. The van der Waals surface area contributed by atoms with Crippen molar-refractivity contribution in [2.24, 2.45) is 0 Å². The van der Waals surface area contributed by atoms with Crippen LogP contribution in [-0.2, 0) is 6.18 Å². The molecule has 0 spiro atoms. The molecule has 1 N–H and O–H groups in total. The summed E-state index contributed by atoms with van der Waals surface area (Å²) in [4.78, 5) is 23.8. The maximum atomic E-state index is 12.8. The summed E-state index contributed by atoms with van der Waals surface area (Å²) in [5.74, 6) is 0. The molecular formula is C12H8ClF3N2O2S. The van der Waals surface area contributed by atoms with Gasteiger partial charge in [-0.2, -0.15) is 13.2 Å². The normalized spacial score (nSPS) is 11.7. The zero-order valence-corrected chi connectivity index (χ0v) is 12.1. The van der Waals surface area contributed by atoms with Crippen molar-refractivity contribution in [2.75, 3.05) is 6.26 Å². The number of thioether (sulfide) groups is 1. The Morgan fingerprint density at radius 1 is 1.29 bits per heavy atom. The lowest BCUT2D eigenvalue weighted by atomic mass is 10.2. The van der Waals surface area contributed by atoms with Crippen LogP contribution in [0, 0.1) is 0 Å². The highest BCUT2D eigenvalue weighted by Gasteiger charge is 2.33. The maximum Gasteiger partial charge on any atom is 0.417 e. The van der Waals surface area contributed by atoms with Crippen molar-refractivity contribution in [3.05, 3.63) is 55.6 Å². The van der Waals surface area contributed by atoms with Gasteiger partial charge in [0.2, 0.25) is 0 Å². The van der Waals surface area contributed by atoms with Gasteiger partial charge in [-0.25, -0.2) is 4.68 Å². The van der Waals surface area contributed by atoms with E-state index in [0.717, 1.165) is 22.5 Å². The summed E-state index contributed by atoms with van der Waals surface area (Å²) >= 11 is 6.57. The Bertz CT molecular complexity index is 798. The summed E-state index contributed by atoms with van der Waals surface area (Å²) in [7, 11) is 0. The third-order valence-corrected chi connectivity index (χ3v) is 3.75. The van der Waals surface area contributed by atoms with Crippen molar-refractivity contribution >= 4 is 23.4 Å². The van der Waals surface area contributed by atoms with Crippen LogP contribution in [-0.4, -0.2) is 16.0 Å². The van der Waals surface area contributed by atoms with Crippen molar-refractivity contribution in [1.82, 2.24) is 9.78 Å². The molecule has 0 amide bonds. The molecule has 112 valence electrons. The second-order valence-corrected chi connectivity index (χ2v) is 5.23. The first-order valence-electron chi connectivity index (χ1n) is 5.51. The number of nitrogens with zero attached hydrogens (tertiary/aromatic N) is 1. The van der Waals surface area contributed by atoms with E-state index in [1.54, 1.807) is 6.26 Å². The quantitative estimate of drug-likeness (QED) is 0.677. The van der Waals surface area contributed by atoms with E-state index in [-0.39, 0.29) is 10.6 Å². The topological polar surface area (TPSA) is 54.9 Å². The molecule has 2 rings (SSSR count). The van der Waals surface area contributed by atoms with Gasteiger partial charge in [0.25, 0.3) is 5.43 Å². The number of H-pyrrole nitrogens is 1. The van der Waals surface area contributed by atoms with Gasteiger partial charge in [-0.1, -0.05) is 11.6 Å². The number of hydrogen-bond acceptors (Lipinski definition) is 3. The van der Waals surface area contributed by atoms with Gasteiger partial charge >= 0.3 is 11.7 Å². The monoisotopic (exact) mass is 336 g/mol. The largest absolute Gasteiger partial charge is 0.417 e. The van der Waals surface area contributed by atoms with Gasteiger partial charge in [-0.15, -0.1) is 11.8 Å². The predicted molar refractivity (Wildman–Crippen MR) is 74.5 cm³/mol. The zero-order valence-electron chi connectivity index (χ0n) is 10.5. The molecule has 0 unspecified atom stereocenters. The molecule has 0 bridgehead atoms. The van der Waals surface area contributed by atoms with Gasteiger partial charge in [-0.3, -0.25) is 14.7 Å². The lowest BCUT2D eigenvalue weighted by Crippen LogP contribution is -2.35. The van der Waals surface area contributed by atoms with Crippen LogP contribution in [0.1, 0.15) is 5.56 Å². The minimum Gasteiger partial charge on any atom is -0.297 e. The minimum absolute atomic E-state index is 0.124. The van der Waals surface area contributed by atoms with E-state index in [2.05, 4.69) is 5.10 Å². The average molecular weight is 337 g/mol. The molecule has 0 saturated carbocycles. The zero-order chi connectivity index (χ0) is 15.8. The van der Waals surface area contributed by atoms with Crippen molar-refractivity contribution in [3.8, 4) is 5.69 Å². The van der Waals surface area contributed by atoms with E-state index in [4.69, 9.17) is 11.6 Å². The summed E-state index contributed by atoms with van der Waals surface area (Å²) in [5, 5.41) is 2.00. The van der Waals surface area contributed by atoms with Crippen molar-refractivity contribution < 1.29 is 13.2 Å². The standard InChI is InChI=1S/C12H8ClF3N2O2S/c1-21-9-5-17-18(11(20)10(9)19)6-2-3-8(13)7(4-6)12(14,15)16/h2-5,17H,1H3. The van der Waals surface area contributed by atoms with E-state index < -0.39 is 27.8 Å². The molecule has 21 heavy (non-hydrogen) atoms. The van der Waals surface area contributed by atoms with Crippen LogP contribution in [0.4, 0.5) is 13.2 Å². The van der Waals surface area contributed by atoms with Crippen LogP contribution >= 0.6 is 23.4 Å². The van der Waals surface area contributed by atoms with Crippen molar-refractivity contribution in [2.45, 2.75) is 11.1 Å². The number of hydrogen-bond donors (Lipinski definition) is 1. The molecule has 0 radical (unpaired) electrons. The van der Waals surface area contributed by atoms with Crippen LogP contribution in [0.2, 0.25) is 5.02 Å². The van der Waals surface area contributed by atoms with Crippen molar-refractivity contribution in [3.63, 3.8) is 0 Å². The Balaban J connectivity index is 2.67. The second kappa shape index (κ2) is 5.61. The fourth-order valence-corrected chi connectivity index (χ4v) is 2.34. The predicted octanol–water partition coefficient (Wildman–Crippen LogP) is 2.92. The van der Waals surface area contributed by atoms with Gasteiger partial charge in [0.05, 0.1) is 21.2 Å². The molecule has 1 heterocycles. The molecule has 0 atom stereocenters. The summed E-state index contributed by atoms with van der Waals surface area (Å²) in [6, 6.07) is 2.94. The first kappa shape index (κ1) is 15.7. The molecule has 2 aromatic rings. The number of alkyl halides is 3. The Morgan fingerprint density at radius 3 is 2.52 bits per heavy atom. The Morgan fingerprint density at radius 2 is 1.95 bits per heavy atom. The van der Waals surface area contributed by atoms with Gasteiger partial charge in [0.1, 0.15) is 0 Å². The molecule has 0 aliphatic carbocycles. The fraction of sp³-hybridized carbons (Fsp3) is 0.167. The highest BCUT2D eigenvalue weighted by Crippen LogP contribution is 2.35. The summed E-state index contributed by atoms with van der Waals surface area (Å²) in [6.07, 6.45) is -1.79. The van der Waals surface area contributed by atoms with Gasteiger partial charge in [0.15, 0.2) is 0 Å². The first-order valence-corrected chi connectivity index (χ1v) is 7.12. The number of nitrogens with one attached hydrogen (secondary N) is 1. The molecule has 9 heteroatoms. The van der Waals surface area contributed by atoms with Gasteiger partial charge in [0, 0.05) is 6.20 Å². The van der Waals surface area contributed by atoms with Crippen molar-refractivity contribution in [1.29, 1.82) is 0 Å². The number of aromatic amines is 1. The lowest BCUT2D eigenvalue weighted by Gasteiger charge is -2.12. The van der Waals surface area contributed by atoms with Gasteiger partial charge < -0.3 is 0 Å². The fourth-order valence-electron chi connectivity index (χ4n) is 1.67. The molecule has 1 aromatic carbocycles. The average Bonchev–Trinajstić information content (AvgIpc) is 2.41. The first-order chi connectivity index (χ1) is 9.75. The summed E-state index contributed by atoms with van der Waals surface area (Å²) < 4.78 is 39.1. The van der Waals surface area contributed by atoms with E-state index in [1.807, 2.05) is 0 Å². The highest BCUT2D eigenvalue weighted by atomic mass is 35.5. The molecule has 0 aliphatic heterocycles.